The number of carbonyl (C=O) groups is 1. The van der Waals surface area contributed by atoms with Gasteiger partial charge in [0.1, 0.15) is 30.5 Å². The maximum atomic E-state index is 12.8. The van der Waals surface area contributed by atoms with Gasteiger partial charge in [0.15, 0.2) is 6.29 Å². The van der Waals surface area contributed by atoms with Gasteiger partial charge in [-0.2, -0.15) is 0 Å². The van der Waals surface area contributed by atoms with Gasteiger partial charge in [-0.05, 0) is 109 Å². The number of aliphatic hydroxyl groups excluding tert-OH is 4. The standard InChI is InChI=1S/C57H90O9/c1-3-5-7-9-11-13-15-17-19-21-23-24-25-26-27-28-29-30-32-34-36-38-40-42-44-46-53(59)65-51(50-64-57-56(62)55(61)54(60)52(48-58)66-57)49-63-47-45-43-41-39-37-35-33-31-22-20-18-16-14-12-10-8-6-4-2/h5-8,11-14,17-20,23-24,26-27,29-31,33,37,39,51-52,54-58,60-62H,3-4,9-10,15-16,21-22,25,28,32,34-36,38,40-50H2,1-2H3/b7-5-,8-6-,13-11-,14-12-,19-17-,20-18-,24-23-,27-26-,30-29-,33-31-,39-37-. The second-order valence-corrected chi connectivity index (χ2v) is 16.5. The molecule has 0 bridgehead atoms. The van der Waals surface area contributed by atoms with Crippen molar-refractivity contribution >= 4 is 5.97 Å². The van der Waals surface area contributed by atoms with Crippen LogP contribution in [0.25, 0.3) is 0 Å². The highest BCUT2D eigenvalue weighted by Crippen LogP contribution is 2.22. The molecule has 9 nitrogen and oxygen atoms in total. The summed E-state index contributed by atoms with van der Waals surface area (Å²) < 4.78 is 22.8. The molecule has 66 heavy (non-hydrogen) atoms. The second-order valence-electron chi connectivity index (χ2n) is 16.5. The summed E-state index contributed by atoms with van der Waals surface area (Å²) in [5, 5.41) is 40.2. The molecule has 1 heterocycles. The average molecular weight is 919 g/mol. The van der Waals surface area contributed by atoms with Crippen LogP contribution in [0.5, 0.6) is 0 Å². The average Bonchev–Trinajstić information content (AvgIpc) is 3.32. The Bertz CT molecular complexity index is 1460. The molecule has 0 aromatic heterocycles. The van der Waals surface area contributed by atoms with E-state index in [2.05, 4.69) is 148 Å². The number of allylic oxidation sites excluding steroid dienone is 22. The molecule has 9 heteroatoms. The minimum atomic E-state index is -1.56. The molecule has 0 aromatic carbocycles. The fourth-order valence-corrected chi connectivity index (χ4v) is 6.70. The van der Waals surface area contributed by atoms with Crippen molar-refractivity contribution in [1.82, 2.24) is 0 Å². The largest absolute Gasteiger partial charge is 0.457 e. The minimum absolute atomic E-state index is 0.0988. The van der Waals surface area contributed by atoms with Gasteiger partial charge in [0.2, 0.25) is 0 Å². The van der Waals surface area contributed by atoms with E-state index in [4.69, 9.17) is 18.9 Å². The molecule has 0 saturated carbocycles. The van der Waals surface area contributed by atoms with Gasteiger partial charge >= 0.3 is 5.97 Å². The zero-order chi connectivity index (χ0) is 47.8. The Kier molecular flexibility index (Phi) is 42.5. The number of hydrogen-bond acceptors (Lipinski definition) is 9. The van der Waals surface area contributed by atoms with Gasteiger partial charge < -0.3 is 39.4 Å². The van der Waals surface area contributed by atoms with Crippen LogP contribution in [0.1, 0.15) is 155 Å². The highest BCUT2D eigenvalue weighted by atomic mass is 16.7. The van der Waals surface area contributed by atoms with E-state index in [-0.39, 0.29) is 25.6 Å². The Balaban J connectivity index is 2.28. The second kappa shape index (κ2) is 46.4. The summed E-state index contributed by atoms with van der Waals surface area (Å²) >= 11 is 0. The third-order valence-electron chi connectivity index (χ3n) is 10.6. The summed E-state index contributed by atoms with van der Waals surface area (Å²) in [6.07, 6.45) is 62.0. The lowest BCUT2D eigenvalue weighted by atomic mass is 9.99. The lowest BCUT2D eigenvalue weighted by Gasteiger charge is -2.39. The van der Waals surface area contributed by atoms with Crippen LogP contribution >= 0.6 is 0 Å². The van der Waals surface area contributed by atoms with Crippen LogP contribution in [0.2, 0.25) is 0 Å². The molecule has 372 valence electrons. The van der Waals surface area contributed by atoms with E-state index in [1.165, 1.54) is 0 Å². The molecule has 0 spiro atoms. The molecule has 0 aromatic rings. The maximum absolute atomic E-state index is 12.8. The summed E-state index contributed by atoms with van der Waals surface area (Å²) in [6, 6.07) is 0. The quantitative estimate of drug-likeness (QED) is 0.0269. The van der Waals surface area contributed by atoms with Gasteiger partial charge in [0.05, 0.1) is 19.8 Å². The molecule has 1 fully saturated rings. The molecule has 1 rings (SSSR count). The molecule has 0 radical (unpaired) electrons. The minimum Gasteiger partial charge on any atom is -0.457 e. The Morgan fingerprint density at radius 1 is 0.485 bits per heavy atom. The first-order valence-electron chi connectivity index (χ1n) is 25.3. The van der Waals surface area contributed by atoms with Gasteiger partial charge in [0.25, 0.3) is 0 Å². The number of unbranched alkanes of at least 4 members (excludes halogenated alkanes) is 8. The first-order chi connectivity index (χ1) is 32.4. The van der Waals surface area contributed by atoms with E-state index in [1.54, 1.807) is 0 Å². The van der Waals surface area contributed by atoms with E-state index < -0.39 is 43.4 Å². The third-order valence-corrected chi connectivity index (χ3v) is 10.6. The number of aliphatic hydroxyl groups is 4. The van der Waals surface area contributed by atoms with Crippen LogP contribution in [0, 0.1) is 0 Å². The topological polar surface area (TPSA) is 135 Å². The monoisotopic (exact) mass is 919 g/mol. The Hall–Kier alpha value is -3.67. The lowest BCUT2D eigenvalue weighted by molar-refractivity contribution is -0.305. The summed E-state index contributed by atoms with van der Waals surface area (Å²) in [5.41, 5.74) is 0. The molecule has 6 atom stereocenters. The van der Waals surface area contributed by atoms with E-state index in [1.807, 2.05) is 0 Å². The van der Waals surface area contributed by atoms with Crippen molar-refractivity contribution in [2.24, 2.45) is 0 Å². The SMILES string of the molecule is CC/C=C\C/C=C\C/C=C\C/C=C\C/C=C\C/C=C\CCCCCCCCC(=O)OC(COCCCC/C=C\C/C=C\C/C=C\C/C=C\C/C=C\CC)COC1OC(CO)C(O)C(O)C1O. The number of hydrogen-bond donors (Lipinski definition) is 4. The molecule has 4 N–H and O–H groups in total. The van der Waals surface area contributed by atoms with Crippen LogP contribution in [-0.2, 0) is 23.7 Å². The van der Waals surface area contributed by atoms with E-state index in [9.17, 15) is 25.2 Å². The van der Waals surface area contributed by atoms with E-state index >= 15 is 0 Å². The van der Waals surface area contributed by atoms with Crippen molar-refractivity contribution in [3.63, 3.8) is 0 Å². The van der Waals surface area contributed by atoms with Gasteiger partial charge in [-0.3, -0.25) is 4.79 Å². The van der Waals surface area contributed by atoms with Crippen molar-refractivity contribution in [2.75, 3.05) is 26.4 Å². The number of carbonyl (C=O) groups excluding carboxylic acids is 1. The Morgan fingerprint density at radius 2 is 0.879 bits per heavy atom. The first-order valence-corrected chi connectivity index (χ1v) is 25.3. The van der Waals surface area contributed by atoms with Gasteiger partial charge in [-0.25, -0.2) is 0 Å². The van der Waals surface area contributed by atoms with Gasteiger partial charge in [0, 0.05) is 13.0 Å². The van der Waals surface area contributed by atoms with Crippen LogP contribution in [0.4, 0.5) is 0 Å². The smallest absolute Gasteiger partial charge is 0.306 e. The fraction of sp³-hybridized carbons (Fsp3) is 0.596. The molecule has 1 aliphatic heterocycles. The van der Waals surface area contributed by atoms with Crippen molar-refractivity contribution in [1.29, 1.82) is 0 Å². The van der Waals surface area contributed by atoms with Crippen molar-refractivity contribution in [3.8, 4) is 0 Å². The van der Waals surface area contributed by atoms with Crippen LogP contribution < -0.4 is 0 Å². The molecular weight excluding hydrogens is 829 g/mol. The van der Waals surface area contributed by atoms with Crippen molar-refractivity contribution < 1.29 is 44.2 Å². The highest BCUT2D eigenvalue weighted by Gasteiger charge is 2.44. The predicted molar refractivity (Wildman–Crippen MR) is 274 cm³/mol. The molecule has 0 amide bonds. The van der Waals surface area contributed by atoms with Crippen LogP contribution in [0.15, 0.2) is 134 Å². The highest BCUT2D eigenvalue weighted by molar-refractivity contribution is 5.69. The molecule has 6 unspecified atom stereocenters. The first kappa shape index (κ1) is 60.3. The number of ether oxygens (including phenoxy) is 4. The van der Waals surface area contributed by atoms with Crippen LogP contribution in [0.3, 0.4) is 0 Å². The summed E-state index contributed by atoms with van der Waals surface area (Å²) in [5.74, 6) is -0.350. The summed E-state index contributed by atoms with van der Waals surface area (Å²) in [6.45, 7) is 4.17. The van der Waals surface area contributed by atoms with Gasteiger partial charge in [-0.1, -0.05) is 173 Å². The summed E-state index contributed by atoms with van der Waals surface area (Å²) in [4.78, 5) is 12.8. The fourth-order valence-electron chi connectivity index (χ4n) is 6.70. The summed E-state index contributed by atoms with van der Waals surface area (Å²) in [7, 11) is 0. The Labute approximate surface area is 400 Å². The van der Waals surface area contributed by atoms with Crippen molar-refractivity contribution in [2.45, 2.75) is 192 Å². The molecule has 1 saturated heterocycles. The normalized spacial score (nSPS) is 20.5. The van der Waals surface area contributed by atoms with Crippen molar-refractivity contribution in [3.05, 3.63) is 134 Å². The number of esters is 1. The predicted octanol–water partition coefficient (Wildman–Crippen LogP) is 12.5. The van der Waals surface area contributed by atoms with Crippen LogP contribution in [-0.4, -0.2) is 89.6 Å². The van der Waals surface area contributed by atoms with Gasteiger partial charge in [-0.15, -0.1) is 0 Å². The molecule has 1 aliphatic rings. The lowest BCUT2D eigenvalue weighted by Crippen LogP contribution is -2.59. The third kappa shape index (κ3) is 36.4. The zero-order valence-electron chi connectivity index (χ0n) is 40.9. The van der Waals surface area contributed by atoms with E-state index in [0.717, 1.165) is 135 Å². The zero-order valence-corrected chi connectivity index (χ0v) is 40.9. The Morgan fingerprint density at radius 3 is 1.32 bits per heavy atom. The molecular formula is C57H90O9. The van der Waals surface area contributed by atoms with E-state index in [0.29, 0.717) is 6.61 Å². The molecule has 0 aliphatic carbocycles. The number of rotatable bonds is 41. The maximum Gasteiger partial charge on any atom is 0.306 e.